The van der Waals surface area contributed by atoms with Gasteiger partial charge in [-0.05, 0) is 0 Å². The van der Waals surface area contributed by atoms with Crippen molar-refractivity contribution >= 4 is 11.6 Å². The van der Waals surface area contributed by atoms with Crippen LogP contribution >= 0.6 is 0 Å². The van der Waals surface area contributed by atoms with E-state index in [-0.39, 0.29) is 0 Å². The van der Waals surface area contributed by atoms with E-state index in [0.29, 0.717) is 19.1 Å². The first-order valence-electron chi connectivity index (χ1n) is 3.81. The average Bonchev–Trinajstić information content (AvgIpc) is 1.99. The number of nitrogens with zero attached hydrogens (tertiary/aromatic N) is 1. The molecule has 1 amide bonds. The van der Waals surface area contributed by atoms with Gasteiger partial charge in [-0.3, -0.25) is 4.79 Å². The molecule has 7 heteroatoms. The zero-order valence-corrected chi connectivity index (χ0v) is 7.52. The third kappa shape index (κ3) is 3.19. The molecule has 0 aliphatic carbocycles. The molecule has 0 aromatic carbocycles. The minimum atomic E-state index is -3.61. The van der Waals surface area contributed by atoms with E-state index in [2.05, 4.69) is 4.98 Å². The van der Waals surface area contributed by atoms with E-state index < -0.39 is 29.4 Å². The highest BCUT2D eigenvalue weighted by molar-refractivity contribution is 5.95. The lowest BCUT2D eigenvalue weighted by molar-refractivity contribution is -0.137. The molecule has 1 rings (SSSR count). The Morgan fingerprint density at radius 2 is 1.80 bits per heavy atom. The second-order valence-electron chi connectivity index (χ2n) is 2.84. The predicted molar refractivity (Wildman–Crippen MR) is 43.4 cm³/mol. The lowest BCUT2D eigenvalue weighted by Crippen LogP contribution is -2.31. The molecule has 0 unspecified atom stereocenters. The molecule has 82 valence electrons. The molecule has 1 aromatic rings. The van der Waals surface area contributed by atoms with Crippen molar-refractivity contribution in [3.8, 4) is 0 Å². The number of carbonyl (C=O) groups excluding carboxylic acids is 1. The Kier molecular flexibility index (Phi) is 2.92. The van der Waals surface area contributed by atoms with Crippen molar-refractivity contribution in [3.05, 3.63) is 24.0 Å². The van der Waals surface area contributed by atoms with E-state index in [4.69, 9.17) is 0 Å². The SMILES string of the molecule is CC(F)(F)C(=O)Nc1cc(F)nc(F)c1. The fourth-order valence-electron chi connectivity index (χ4n) is 0.778. The molecule has 1 aromatic heterocycles. The second kappa shape index (κ2) is 3.84. The monoisotopic (exact) mass is 222 g/mol. The van der Waals surface area contributed by atoms with Crippen LogP contribution in [-0.4, -0.2) is 16.8 Å². The highest BCUT2D eigenvalue weighted by Gasteiger charge is 2.32. The van der Waals surface area contributed by atoms with E-state index in [1.807, 2.05) is 0 Å². The maximum absolute atomic E-state index is 12.5. The Balaban J connectivity index is 2.86. The maximum atomic E-state index is 12.5. The average molecular weight is 222 g/mol. The summed E-state index contributed by atoms with van der Waals surface area (Å²) < 4.78 is 49.7. The summed E-state index contributed by atoms with van der Waals surface area (Å²) in [5, 5.41) is 1.65. The van der Waals surface area contributed by atoms with E-state index in [0.717, 1.165) is 0 Å². The number of hydrogen-bond acceptors (Lipinski definition) is 2. The number of hydrogen-bond donors (Lipinski definition) is 1. The van der Waals surface area contributed by atoms with Crippen molar-refractivity contribution in [3.63, 3.8) is 0 Å². The first-order valence-corrected chi connectivity index (χ1v) is 3.81. The van der Waals surface area contributed by atoms with Crippen molar-refractivity contribution in [2.45, 2.75) is 12.8 Å². The Morgan fingerprint density at radius 3 is 2.20 bits per heavy atom. The summed E-state index contributed by atoms with van der Waals surface area (Å²) in [5.74, 6) is -7.67. The van der Waals surface area contributed by atoms with E-state index in [1.165, 1.54) is 0 Å². The number of anilines is 1. The van der Waals surface area contributed by atoms with E-state index >= 15 is 0 Å². The highest BCUT2D eigenvalue weighted by Crippen LogP contribution is 2.16. The maximum Gasteiger partial charge on any atom is 0.322 e. The third-order valence-electron chi connectivity index (χ3n) is 1.42. The van der Waals surface area contributed by atoms with Gasteiger partial charge in [0.25, 0.3) is 5.91 Å². The van der Waals surface area contributed by atoms with E-state index in [1.54, 1.807) is 5.32 Å². The molecule has 0 saturated heterocycles. The number of carbonyl (C=O) groups is 1. The first-order chi connectivity index (χ1) is 6.79. The normalized spacial score (nSPS) is 11.3. The lowest BCUT2D eigenvalue weighted by Gasteiger charge is -2.10. The highest BCUT2D eigenvalue weighted by atomic mass is 19.3. The Hall–Kier alpha value is -1.66. The van der Waals surface area contributed by atoms with Gasteiger partial charge in [-0.25, -0.2) is 0 Å². The Morgan fingerprint density at radius 1 is 1.33 bits per heavy atom. The lowest BCUT2D eigenvalue weighted by atomic mass is 10.3. The molecule has 0 bridgehead atoms. The van der Waals surface area contributed by atoms with Crippen molar-refractivity contribution in [1.29, 1.82) is 0 Å². The standard InChI is InChI=1S/C8H6F4N2O/c1-8(11,12)7(15)13-4-2-5(9)14-6(10)3-4/h2-3H,1H3,(H,13,14,15). The summed E-state index contributed by atoms with van der Waals surface area (Å²) in [7, 11) is 0. The molecular formula is C8H6F4N2O. The van der Waals surface area contributed by atoms with Gasteiger partial charge in [0.1, 0.15) is 0 Å². The van der Waals surface area contributed by atoms with Crippen LogP contribution in [0.4, 0.5) is 23.2 Å². The van der Waals surface area contributed by atoms with Crippen LogP contribution in [0, 0.1) is 11.9 Å². The van der Waals surface area contributed by atoms with Crippen molar-refractivity contribution in [2.75, 3.05) is 5.32 Å². The number of alkyl halides is 2. The first kappa shape index (κ1) is 11.4. The van der Waals surface area contributed by atoms with Crippen LogP contribution in [0.2, 0.25) is 0 Å². The van der Waals surface area contributed by atoms with E-state index in [9.17, 15) is 22.4 Å². The van der Waals surface area contributed by atoms with Gasteiger partial charge in [0.15, 0.2) is 0 Å². The van der Waals surface area contributed by atoms with Crippen molar-refractivity contribution in [1.82, 2.24) is 4.98 Å². The largest absolute Gasteiger partial charge is 0.322 e. The van der Waals surface area contributed by atoms with Crippen LogP contribution < -0.4 is 5.32 Å². The topological polar surface area (TPSA) is 42.0 Å². The summed E-state index contributed by atoms with van der Waals surface area (Å²) in [6.07, 6.45) is 0. The molecular weight excluding hydrogens is 216 g/mol. The van der Waals surface area contributed by atoms with Gasteiger partial charge in [-0.2, -0.15) is 22.5 Å². The Labute approximate surface area is 82.1 Å². The van der Waals surface area contributed by atoms with Gasteiger partial charge in [0.05, 0.1) is 0 Å². The van der Waals surface area contributed by atoms with Crippen LogP contribution in [0.15, 0.2) is 12.1 Å². The molecule has 0 saturated carbocycles. The van der Waals surface area contributed by atoms with Gasteiger partial charge >= 0.3 is 5.92 Å². The number of nitrogens with one attached hydrogen (secondary N) is 1. The van der Waals surface area contributed by atoms with Gasteiger partial charge in [-0.15, -0.1) is 0 Å². The van der Waals surface area contributed by atoms with Crippen LogP contribution in [-0.2, 0) is 4.79 Å². The van der Waals surface area contributed by atoms with Gasteiger partial charge in [0.2, 0.25) is 11.9 Å². The number of aromatic nitrogens is 1. The molecule has 0 aliphatic rings. The number of pyridine rings is 1. The third-order valence-corrected chi connectivity index (χ3v) is 1.42. The minimum absolute atomic E-state index is 0.371. The van der Waals surface area contributed by atoms with Crippen LogP contribution in [0.5, 0.6) is 0 Å². The minimum Gasteiger partial charge on any atom is -0.321 e. The molecule has 1 heterocycles. The Bertz CT molecular complexity index is 368. The van der Waals surface area contributed by atoms with Gasteiger partial charge in [-0.1, -0.05) is 0 Å². The molecule has 0 radical (unpaired) electrons. The summed E-state index contributed by atoms with van der Waals surface area (Å²) in [6.45, 7) is 0.371. The predicted octanol–water partition coefficient (Wildman–Crippen LogP) is 1.95. The van der Waals surface area contributed by atoms with Gasteiger partial charge < -0.3 is 5.32 Å². The van der Waals surface area contributed by atoms with Crippen molar-refractivity contribution < 1.29 is 22.4 Å². The van der Waals surface area contributed by atoms with Crippen LogP contribution in [0.3, 0.4) is 0 Å². The molecule has 0 atom stereocenters. The zero-order valence-electron chi connectivity index (χ0n) is 7.52. The molecule has 0 spiro atoms. The smallest absolute Gasteiger partial charge is 0.321 e. The van der Waals surface area contributed by atoms with Gasteiger partial charge in [0, 0.05) is 24.7 Å². The molecule has 0 aliphatic heterocycles. The number of amides is 1. The van der Waals surface area contributed by atoms with Crippen molar-refractivity contribution in [2.24, 2.45) is 0 Å². The van der Waals surface area contributed by atoms with Crippen LogP contribution in [0.25, 0.3) is 0 Å². The fraction of sp³-hybridized carbons (Fsp3) is 0.250. The molecule has 1 N–H and O–H groups in total. The molecule has 3 nitrogen and oxygen atoms in total. The second-order valence-corrected chi connectivity index (χ2v) is 2.84. The quantitative estimate of drug-likeness (QED) is 0.613. The van der Waals surface area contributed by atoms with Crippen LogP contribution in [0.1, 0.15) is 6.92 Å². The zero-order chi connectivity index (χ0) is 11.6. The summed E-state index contributed by atoms with van der Waals surface area (Å²) in [6, 6.07) is 1.26. The summed E-state index contributed by atoms with van der Waals surface area (Å²) in [4.78, 5) is 13.5. The number of rotatable bonds is 2. The summed E-state index contributed by atoms with van der Waals surface area (Å²) in [5.41, 5.74) is -0.411. The summed E-state index contributed by atoms with van der Waals surface area (Å²) >= 11 is 0. The molecule has 15 heavy (non-hydrogen) atoms. The molecule has 0 fully saturated rings. The number of halogens is 4. The fourth-order valence-corrected chi connectivity index (χ4v) is 0.778.